The highest BCUT2D eigenvalue weighted by Gasteiger charge is 2.09. The molecule has 0 spiro atoms. The third-order valence-electron chi connectivity index (χ3n) is 3.14. The zero-order chi connectivity index (χ0) is 13.9. The van der Waals surface area contributed by atoms with E-state index in [0.717, 1.165) is 28.1 Å². The number of aldehydes is 1. The highest BCUT2D eigenvalue weighted by molar-refractivity contribution is 7.13. The van der Waals surface area contributed by atoms with Crippen molar-refractivity contribution in [3.63, 3.8) is 0 Å². The Bertz CT molecular complexity index is 761. The average Bonchev–Trinajstić information content (AvgIpc) is 2.97. The van der Waals surface area contributed by atoms with E-state index >= 15 is 0 Å². The molecule has 0 unspecified atom stereocenters. The number of aromatic nitrogens is 1. The van der Waals surface area contributed by atoms with Gasteiger partial charge in [-0.25, -0.2) is 4.98 Å². The first-order valence-corrected chi connectivity index (χ1v) is 7.23. The SMILES string of the molecule is Cc1cccc(-c2csc(-c3ccccc3C=O)n2)c1. The van der Waals surface area contributed by atoms with E-state index in [2.05, 4.69) is 30.1 Å². The summed E-state index contributed by atoms with van der Waals surface area (Å²) in [6.45, 7) is 2.07. The van der Waals surface area contributed by atoms with Gasteiger partial charge in [-0.1, -0.05) is 48.0 Å². The van der Waals surface area contributed by atoms with E-state index in [4.69, 9.17) is 0 Å². The molecule has 3 rings (SSSR count). The highest BCUT2D eigenvalue weighted by atomic mass is 32.1. The molecule has 0 amide bonds. The van der Waals surface area contributed by atoms with Crippen molar-refractivity contribution in [2.24, 2.45) is 0 Å². The molecule has 0 saturated heterocycles. The first-order valence-electron chi connectivity index (χ1n) is 6.35. The van der Waals surface area contributed by atoms with E-state index in [9.17, 15) is 4.79 Å². The molecule has 1 aromatic heterocycles. The smallest absolute Gasteiger partial charge is 0.150 e. The Morgan fingerprint density at radius 1 is 1.10 bits per heavy atom. The molecule has 20 heavy (non-hydrogen) atoms. The molecule has 0 fully saturated rings. The molecule has 3 heteroatoms. The minimum absolute atomic E-state index is 0.678. The third-order valence-corrected chi connectivity index (χ3v) is 4.01. The van der Waals surface area contributed by atoms with Crippen molar-refractivity contribution in [1.29, 1.82) is 0 Å². The number of hydrogen-bond donors (Lipinski definition) is 0. The van der Waals surface area contributed by atoms with Gasteiger partial charge in [-0.3, -0.25) is 4.79 Å². The largest absolute Gasteiger partial charge is 0.298 e. The monoisotopic (exact) mass is 279 g/mol. The third kappa shape index (κ3) is 2.40. The van der Waals surface area contributed by atoms with E-state index in [1.807, 2.05) is 35.7 Å². The van der Waals surface area contributed by atoms with Crippen molar-refractivity contribution >= 4 is 17.6 Å². The Morgan fingerprint density at radius 2 is 1.95 bits per heavy atom. The maximum atomic E-state index is 11.1. The van der Waals surface area contributed by atoms with E-state index in [0.29, 0.717) is 5.56 Å². The number of benzene rings is 2. The molecule has 1 heterocycles. The summed E-state index contributed by atoms with van der Waals surface area (Å²) in [4.78, 5) is 15.8. The summed E-state index contributed by atoms with van der Waals surface area (Å²) in [5.41, 5.74) is 4.85. The number of hydrogen-bond acceptors (Lipinski definition) is 3. The molecule has 2 aromatic carbocycles. The summed E-state index contributed by atoms with van der Waals surface area (Å²) in [5, 5.41) is 2.91. The molecule has 0 radical (unpaired) electrons. The number of rotatable bonds is 3. The van der Waals surface area contributed by atoms with Crippen LogP contribution in [0.1, 0.15) is 15.9 Å². The first kappa shape index (κ1) is 12.8. The lowest BCUT2D eigenvalue weighted by Gasteiger charge is -2.00. The van der Waals surface area contributed by atoms with Gasteiger partial charge in [0.1, 0.15) is 5.01 Å². The fourth-order valence-electron chi connectivity index (χ4n) is 2.13. The Hall–Kier alpha value is -2.26. The molecule has 0 aliphatic rings. The van der Waals surface area contributed by atoms with Gasteiger partial charge in [0.05, 0.1) is 5.69 Å². The van der Waals surface area contributed by atoms with Gasteiger partial charge in [-0.2, -0.15) is 0 Å². The molecule has 98 valence electrons. The van der Waals surface area contributed by atoms with E-state index in [1.54, 1.807) is 11.3 Å². The van der Waals surface area contributed by atoms with Gasteiger partial charge in [0.15, 0.2) is 6.29 Å². The van der Waals surface area contributed by atoms with Crippen molar-refractivity contribution < 1.29 is 4.79 Å². The topological polar surface area (TPSA) is 30.0 Å². The van der Waals surface area contributed by atoms with Crippen molar-refractivity contribution in [3.05, 3.63) is 65.0 Å². The van der Waals surface area contributed by atoms with Crippen molar-refractivity contribution in [2.45, 2.75) is 6.92 Å². The van der Waals surface area contributed by atoms with Crippen LogP contribution in [0.5, 0.6) is 0 Å². The van der Waals surface area contributed by atoms with E-state index in [-0.39, 0.29) is 0 Å². The lowest BCUT2D eigenvalue weighted by Crippen LogP contribution is -1.86. The molecule has 0 bridgehead atoms. The fourth-order valence-corrected chi connectivity index (χ4v) is 3.00. The van der Waals surface area contributed by atoms with Crippen LogP contribution in [0.25, 0.3) is 21.8 Å². The van der Waals surface area contributed by atoms with Gasteiger partial charge >= 0.3 is 0 Å². The lowest BCUT2D eigenvalue weighted by atomic mass is 10.1. The van der Waals surface area contributed by atoms with E-state index < -0.39 is 0 Å². The molecular formula is C17H13NOS. The van der Waals surface area contributed by atoms with Crippen LogP contribution in [0.4, 0.5) is 0 Å². The normalized spacial score (nSPS) is 10.4. The first-order chi connectivity index (χ1) is 9.78. The van der Waals surface area contributed by atoms with Crippen LogP contribution in [0.3, 0.4) is 0 Å². The molecule has 0 aliphatic carbocycles. The summed E-state index contributed by atoms with van der Waals surface area (Å²) in [6, 6.07) is 15.8. The van der Waals surface area contributed by atoms with Gasteiger partial charge in [0.25, 0.3) is 0 Å². The maximum absolute atomic E-state index is 11.1. The number of aryl methyl sites for hydroxylation is 1. The molecule has 0 aliphatic heterocycles. The Morgan fingerprint density at radius 3 is 2.75 bits per heavy atom. The second-order valence-corrected chi connectivity index (χ2v) is 5.47. The van der Waals surface area contributed by atoms with Crippen molar-refractivity contribution in [1.82, 2.24) is 4.98 Å². The number of nitrogens with zero attached hydrogens (tertiary/aromatic N) is 1. The highest BCUT2D eigenvalue weighted by Crippen LogP contribution is 2.30. The molecule has 2 nitrogen and oxygen atoms in total. The minimum Gasteiger partial charge on any atom is -0.298 e. The van der Waals surface area contributed by atoms with Crippen LogP contribution < -0.4 is 0 Å². The quantitative estimate of drug-likeness (QED) is 0.656. The van der Waals surface area contributed by atoms with Crippen LogP contribution in [-0.4, -0.2) is 11.3 Å². The Kier molecular flexibility index (Phi) is 3.44. The molecule has 0 saturated carbocycles. The summed E-state index contributed by atoms with van der Waals surface area (Å²) in [7, 11) is 0. The number of thiazole rings is 1. The molecule has 0 atom stereocenters. The predicted molar refractivity (Wildman–Crippen MR) is 83.1 cm³/mol. The van der Waals surface area contributed by atoms with Crippen LogP contribution in [0, 0.1) is 6.92 Å². The number of carbonyl (C=O) groups excluding carboxylic acids is 1. The summed E-state index contributed by atoms with van der Waals surface area (Å²) < 4.78 is 0. The Balaban J connectivity index is 2.04. The van der Waals surface area contributed by atoms with Crippen LogP contribution in [0.2, 0.25) is 0 Å². The summed E-state index contributed by atoms with van der Waals surface area (Å²) >= 11 is 1.56. The molecule has 3 aromatic rings. The lowest BCUT2D eigenvalue weighted by molar-refractivity contribution is 0.112. The van der Waals surface area contributed by atoms with Gasteiger partial charge in [-0.15, -0.1) is 11.3 Å². The molecular weight excluding hydrogens is 266 g/mol. The summed E-state index contributed by atoms with van der Waals surface area (Å²) in [5.74, 6) is 0. The second-order valence-electron chi connectivity index (χ2n) is 4.61. The van der Waals surface area contributed by atoms with Gasteiger partial charge in [0, 0.05) is 22.1 Å². The van der Waals surface area contributed by atoms with Crippen LogP contribution >= 0.6 is 11.3 Å². The van der Waals surface area contributed by atoms with Gasteiger partial charge < -0.3 is 0 Å². The average molecular weight is 279 g/mol. The fraction of sp³-hybridized carbons (Fsp3) is 0.0588. The number of carbonyl (C=O) groups is 1. The van der Waals surface area contributed by atoms with E-state index in [1.165, 1.54) is 5.56 Å². The van der Waals surface area contributed by atoms with Crippen molar-refractivity contribution in [2.75, 3.05) is 0 Å². The Labute approximate surface area is 121 Å². The zero-order valence-corrected chi connectivity index (χ0v) is 11.9. The van der Waals surface area contributed by atoms with Crippen molar-refractivity contribution in [3.8, 4) is 21.8 Å². The summed E-state index contributed by atoms with van der Waals surface area (Å²) in [6.07, 6.45) is 0.878. The molecule has 0 N–H and O–H groups in total. The van der Waals surface area contributed by atoms with Gasteiger partial charge in [0.2, 0.25) is 0 Å². The second kappa shape index (κ2) is 5.39. The minimum atomic E-state index is 0.678. The standard InChI is InChI=1S/C17H13NOS/c1-12-5-4-7-13(9-12)16-11-20-17(18-16)15-8-3-2-6-14(15)10-19/h2-11H,1H3. The maximum Gasteiger partial charge on any atom is 0.150 e. The van der Waals surface area contributed by atoms with Crippen LogP contribution in [-0.2, 0) is 0 Å². The van der Waals surface area contributed by atoms with Gasteiger partial charge in [-0.05, 0) is 13.0 Å². The van der Waals surface area contributed by atoms with Crippen LogP contribution in [0.15, 0.2) is 53.9 Å². The predicted octanol–water partition coefficient (Wildman–Crippen LogP) is 4.60. The zero-order valence-electron chi connectivity index (χ0n) is 11.0.